The molecule has 176 valence electrons. The van der Waals surface area contributed by atoms with Crippen LogP contribution in [0.1, 0.15) is 70.3 Å². The summed E-state index contributed by atoms with van der Waals surface area (Å²) in [5.74, 6) is 0.494. The molecule has 0 atom stereocenters. The minimum Gasteiger partial charge on any atom is -0.338 e. The molecule has 0 amide bonds. The van der Waals surface area contributed by atoms with Crippen molar-refractivity contribution in [3.63, 3.8) is 0 Å². The molecule has 0 radical (unpaired) electrons. The normalized spacial score (nSPS) is 18.5. The van der Waals surface area contributed by atoms with Gasteiger partial charge in [0.1, 0.15) is 5.39 Å². The number of aromatic nitrogens is 3. The van der Waals surface area contributed by atoms with Crippen LogP contribution in [0.5, 0.6) is 0 Å². The molecule has 2 fully saturated rings. The van der Waals surface area contributed by atoms with Crippen LogP contribution in [-0.4, -0.2) is 29.2 Å². The first kappa shape index (κ1) is 22.2. The molecule has 0 unspecified atom stereocenters. The van der Waals surface area contributed by atoms with Crippen molar-refractivity contribution in [1.29, 1.82) is 0 Å². The maximum Gasteiger partial charge on any atom is 0.261 e. The molecule has 3 N–H and O–H groups in total. The summed E-state index contributed by atoms with van der Waals surface area (Å²) >= 11 is 0. The number of fused-ring (bicyclic) bond motifs is 1. The van der Waals surface area contributed by atoms with Crippen LogP contribution in [0.3, 0.4) is 0 Å². The highest BCUT2D eigenvalue weighted by molar-refractivity contribution is 7.89. The third-order valence-electron chi connectivity index (χ3n) is 6.91. The second-order valence-electron chi connectivity index (χ2n) is 9.26. The first-order valence-electron chi connectivity index (χ1n) is 12.0. The zero-order chi connectivity index (χ0) is 22.8. The summed E-state index contributed by atoms with van der Waals surface area (Å²) in [5, 5.41) is 8.54. The van der Waals surface area contributed by atoms with Gasteiger partial charge in [0.15, 0.2) is 5.82 Å². The summed E-state index contributed by atoms with van der Waals surface area (Å²) in [6.07, 6.45) is 12.5. The van der Waals surface area contributed by atoms with Crippen LogP contribution < -0.4 is 15.6 Å². The molecule has 1 aromatic carbocycles. The number of H-pyrrole nitrogens is 1. The highest BCUT2D eigenvalue weighted by atomic mass is 32.2. The van der Waals surface area contributed by atoms with Crippen LogP contribution in [0.4, 0.5) is 11.5 Å². The molecule has 2 heterocycles. The molecular formula is C24H31N5O3S. The predicted molar refractivity (Wildman–Crippen MR) is 129 cm³/mol. The molecule has 3 aromatic rings. The Balaban J connectivity index is 1.39. The highest BCUT2D eigenvalue weighted by Gasteiger charge is 2.23. The molecule has 0 bridgehead atoms. The lowest BCUT2D eigenvalue weighted by molar-refractivity contribution is 0.338. The van der Waals surface area contributed by atoms with Crippen molar-refractivity contribution in [2.24, 2.45) is 0 Å². The average molecular weight is 470 g/mol. The molecule has 2 aliphatic rings. The van der Waals surface area contributed by atoms with Gasteiger partial charge in [-0.3, -0.25) is 9.48 Å². The Bertz CT molecular complexity index is 1270. The fourth-order valence-corrected chi connectivity index (χ4v) is 6.46. The maximum atomic E-state index is 12.8. The quantitative estimate of drug-likeness (QED) is 0.489. The standard InChI is InChI=1S/C24H31N5O3S/c30-24-22-21(15-16-25-24)29(19-9-5-2-6-10-19)27-23(22)26-17-11-13-20(14-12-17)33(31,32)28-18-7-3-1-4-8-18/h11-16,18-19,28H,1-10H2,(H,25,30)(H,26,27). The van der Waals surface area contributed by atoms with Crippen molar-refractivity contribution >= 4 is 32.4 Å². The molecule has 9 heteroatoms. The smallest absolute Gasteiger partial charge is 0.261 e. The Morgan fingerprint density at radius 3 is 2.27 bits per heavy atom. The summed E-state index contributed by atoms with van der Waals surface area (Å²) in [6, 6.07) is 8.84. The number of rotatable bonds is 6. The van der Waals surface area contributed by atoms with E-state index >= 15 is 0 Å². The summed E-state index contributed by atoms with van der Waals surface area (Å²) in [7, 11) is -3.55. The van der Waals surface area contributed by atoms with E-state index in [0.29, 0.717) is 16.9 Å². The lowest BCUT2D eigenvalue weighted by Crippen LogP contribution is -2.36. The summed E-state index contributed by atoms with van der Waals surface area (Å²) in [5.41, 5.74) is 1.32. The van der Waals surface area contributed by atoms with Crippen LogP contribution in [0.2, 0.25) is 0 Å². The number of anilines is 2. The van der Waals surface area contributed by atoms with Gasteiger partial charge in [0, 0.05) is 17.9 Å². The minimum atomic E-state index is -3.55. The monoisotopic (exact) mass is 469 g/mol. The molecule has 0 aliphatic heterocycles. The van der Waals surface area contributed by atoms with E-state index in [1.807, 2.05) is 10.7 Å². The molecule has 0 saturated heterocycles. The topological polar surface area (TPSA) is 109 Å². The van der Waals surface area contributed by atoms with Gasteiger partial charge < -0.3 is 10.3 Å². The van der Waals surface area contributed by atoms with Gasteiger partial charge in [-0.2, -0.15) is 5.10 Å². The number of aromatic amines is 1. The van der Waals surface area contributed by atoms with E-state index in [1.54, 1.807) is 30.5 Å². The first-order valence-corrected chi connectivity index (χ1v) is 13.5. The Labute approximate surface area is 193 Å². The number of hydrogen-bond donors (Lipinski definition) is 3. The van der Waals surface area contributed by atoms with E-state index in [9.17, 15) is 13.2 Å². The maximum absolute atomic E-state index is 12.8. The van der Waals surface area contributed by atoms with Crippen molar-refractivity contribution in [2.75, 3.05) is 5.32 Å². The van der Waals surface area contributed by atoms with Gasteiger partial charge in [-0.05, 0) is 56.0 Å². The van der Waals surface area contributed by atoms with E-state index in [1.165, 1.54) is 25.7 Å². The summed E-state index contributed by atoms with van der Waals surface area (Å²) in [4.78, 5) is 15.6. The van der Waals surface area contributed by atoms with Gasteiger partial charge in [-0.25, -0.2) is 13.1 Å². The van der Waals surface area contributed by atoms with Gasteiger partial charge in [-0.15, -0.1) is 0 Å². The van der Waals surface area contributed by atoms with Crippen LogP contribution in [-0.2, 0) is 10.0 Å². The van der Waals surface area contributed by atoms with E-state index in [2.05, 4.69) is 15.0 Å². The third kappa shape index (κ3) is 4.70. The SMILES string of the molecule is O=c1[nH]ccc2c1c(Nc1ccc(S(=O)(=O)NC3CCCCC3)cc1)nn2C1CCCCC1. The number of benzene rings is 1. The minimum absolute atomic E-state index is 0.0170. The van der Waals surface area contributed by atoms with Crippen molar-refractivity contribution in [1.82, 2.24) is 19.5 Å². The second-order valence-corrected chi connectivity index (χ2v) is 11.0. The van der Waals surface area contributed by atoms with Gasteiger partial charge in [0.25, 0.3) is 5.56 Å². The fourth-order valence-electron chi connectivity index (χ4n) is 5.15. The molecule has 0 spiro atoms. The number of sulfonamides is 1. The molecular weight excluding hydrogens is 438 g/mol. The second kappa shape index (κ2) is 9.30. The van der Waals surface area contributed by atoms with E-state index in [4.69, 9.17) is 5.10 Å². The van der Waals surface area contributed by atoms with Crippen molar-refractivity contribution in [3.05, 3.63) is 46.9 Å². The van der Waals surface area contributed by atoms with E-state index in [-0.39, 0.29) is 22.5 Å². The van der Waals surface area contributed by atoms with Gasteiger partial charge in [0.05, 0.1) is 16.5 Å². The number of nitrogens with one attached hydrogen (secondary N) is 3. The van der Waals surface area contributed by atoms with Crippen LogP contribution in [0.15, 0.2) is 46.2 Å². The van der Waals surface area contributed by atoms with Gasteiger partial charge in [-0.1, -0.05) is 38.5 Å². The van der Waals surface area contributed by atoms with E-state index < -0.39 is 10.0 Å². The Kier molecular flexibility index (Phi) is 6.25. The third-order valence-corrected chi connectivity index (χ3v) is 8.44. The number of nitrogens with zero attached hydrogens (tertiary/aromatic N) is 2. The van der Waals surface area contributed by atoms with Crippen molar-refractivity contribution in [3.8, 4) is 0 Å². The molecule has 2 saturated carbocycles. The lowest BCUT2D eigenvalue weighted by Gasteiger charge is -2.22. The molecule has 2 aliphatic carbocycles. The van der Waals surface area contributed by atoms with Gasteiger partial charge >= 0.3 is 0 Å². The zero-order valence-electron chi connectivity index (χ0n) is 18.7. The highest BCUT2D eigenvalue weighted by Crippen LogP contribution is 2.33. The molecule has 33 heavy (non-hydrogen) atoms. The van der Waals surface area contributed by atoms with Crippen molar-refractivity contribution in [2.45, 2.75) is 81.2 Å². The van der Waals surface area contributed by atoms with Gasteiger partial charge in [0.2, 0.25) is 10.0 Å². The Morgan fingerprint density at radius 1 is 0.909 bits per heavy atom. The van der Waals surface area contributed by atoms with Crippen LogP contribution in [0, 0.1) is 0 Å². The number of hydrogen-bond acceptors (Lipinski definition) is 5. The first-order chi connectivity index (χ1) is 16.0. The fraction of sp³-hybridized carbons (Fsp3) is 0.500. The van der Waals surface area contributed by atoms with E-state index in [0.717, 1.165) is 44.0 Å². The molecule has 8 nitrogen and oxygen atoms in total. The number of pyridine rings is 1. The Hall–Kier alpha value is -2.65. The zero-order valence-corrected chi connectivity index (χ0v) is 19.5. The molecule has 5 rings (SSSR count). The average Bonchev–Trinajstić information content (AvgIpc) is 3.20. The predicted octanol–water partition coefficient (Wildman–Crippen LogP) is 4.58. The largest absolute Gasteiger partial charge is 0.338 e. The molecule has 2 aromatic heterocycles. The summed E-state index contributed by atoms with van der Waals surface area (Å²) < 4.78 is 30.4. The van der Waals surface area contributed by atoms with Crippen LogP contribution >= 0.6 is 0 Å². The summed E-state index contributed by atoms with van der Waals surface area (Å²) in [6.45, 7) is 0. The van der Waals surface area contributed by atoms with Crippen molar-refractivity contribution < 1.29 is 8.42 Å². The van der Waals surface area contributed by atoms with Crippen LogP contribution in [0.25, 0.3) is 10.9 Å². The lowest BCUT2D eigenvalue weighted by atomic mass is 9.95. The Morgan fingerprint density at radius 2 is 1.58 bits per heavy atom.